The zero-order chi connectivity index (χ0) is 14.0. The van der Waals surface area contributed by atoms with Gasteiger partial charge in [-0.3, -0.25) is 0 Å². The van der Waals surface area contributed by atoms with E-state index in [1.54, 1.807) is 27.0 Å². The molecule has 3 rings (SSSR count). The topological polar surface area (TPSA) is 0 Å². The van der Waals surface area contributed by atoms with Gasteiger partial charge in [0, 0.05) is 0 Å². The summed E-state index contributed by atoms with van der Waals surface area (Å²) in [5.74, 6) is 0. The number of allylic oxidation sites excluding steroid dienone is 8. The van der Waals surface area contributed by atoms with Crippen molar-refractivity contribution >= 4 is 8.07 Å². The Balaban J connectivity index is 0.00000121. The van der Waals surface area contributed by atoms with Gasteiger partial charge in [0.05, 0.1) is 0 Å². The van der Waals surface area contributed by atoms with Gasteiger partial charge in [-0.25, -0.2) is 0 Å². The maximum Gasteiger partial charge on any atom is -1.00 e. The smallest absolute Gasteiger partial charge is 1.00 e. The van der Waals surface area contributed by atoms with Crippen molar-refractivity contribution in [2.75, 3.05) is 0 Å². The SMILES string of the molecule is CCCC[Si]1(C2=[C]([Zr+2][C]3=CC=CC3)C(C)=CC2)CCC1.[Cl-].[Cl-]. The van der Waals surface area contributed by atoms with E-state index in [1.807, 2.05) is 8.48 Å². The number of halogens is 2. The largest absolute Gasteiger partial charge is 1.00 e. The summed E-state index contributed by atoms with van der Waals surface area (Å²) in [6.45, 7) is 4.76. The van der Waals surface area contributed by atoms with Crippen LogP contribution in [0.15, 0.2) is 41.6 Å². The van der Waals surface area contributed by atoms with Crippen LogP contribution in [0.3, 0.4) is 0 Å². The molecule has 1 heterocycles. The van der Waals surface area contributed by atoms with Gasteiger partial charge in [0.25, 0.3) is 0 Å². The van der Waals surface area contributed by atoms with Gasteiger partial charge in [-0.15, -0.1) is 0 Å². The van der Waals surface area contributed by atoms with Gasteiger partial charge in [-0.1, -0.05) is 0 Å². The van der Waals surface area contributed by atoms with Crippen LogP contribution in [0.4, 0.5) is 0 Å². The molecular formula is C18H26Cl2SiZr. The maximum atomic E-state index is 2.56. The molecule has 2 aliphatic carbocycles. The summed E-state index contributed by atoms with van der Waals surface area (Å²) in [6, 6.07) is 4.83. The van der Waals surface area contributed by atoms with Crippen LogP contribution in [-0.4, -0.2) is 8.07 Å². The summed E-state index contributed by atoms with van der Waals surface area (Å²) in [4.78, 5) is 0. The second-order valence-electron chi connectivity index (χ2n) is 6.63. The van der Waals surface area contributed by atoms with Crippen molar-refractivity contribution in [3.63, 3.8) is 0 Å². The summed E-state index contributed by atoms with van der Waals surface area (Å²) in [5, 5.41) is 2.04. The van der Waals surface area contributed by atoms with Crippen LogP contribution in [0, 0.1) is 0 Å². The van der Waals surface area contributed by atoms with E-state index in [-0.39, 0.29) is 24.8 Å². The summed E-state index contributed by atoms with van der Waals surface area (Å²) in [6.07, 6.45) is 16.6. The van der Waals surface area contributed by atoms with Crippen LogP contribution in [0.2, 0.25) is 18.1 Å². The van der Waals surface area contributed by atoms with Gasteiger partial charge >= 0.3 is 137 Å². The molecule has 0 N–H and O–H groups in total. The second-order valence-corrected chi connectivity index (χ2v) is 14.7. The Hall–Kier alpha value is 0.640. The molecule has 1 fully saturated rings. The zero-order valence-electron chi connectivity index (χ0n) is 13.7. The summed E-state index contributed by atoms with van der Waals surface area (Å²) in [5.41, 5.74) is 1.68. The van der Waals surface area contributed by atoms with E-state index in [0.717, 1.165) is 0 Å². The Morgan fingerprint density at radius 2 is 1.95 bits per heavy atom. The van der Waals surface area contributed by atoms with E-state index >= 15 is 0 Å². The van der Waals surface area contributed by atoms with Crippen molar-refractivity contribution in [2.45, 2.75) is 64.1 Å². The minimum atomic E-state index is -0.985. The first kappa shape index (κ1) is 20.7. The molecule has 0 aromatic heterocycles. The molecule has 0 aromatic rings. The molecule has 0 aromatic carbocycles. The third-order valence-corrected chi connectivity index (χ3v) is 15.6. The fourth-order valence-electron chi connectivity index (χ4n) is 3.87. The number of hydrogen-bond acceptors (Lipinski definition) is 0. The maximum absolute atomic E-state index is 2.56. The molecule has 0 spiro atoms. The van der Waals surface area contributed by atoms with Crippen LogP contribution < -0.4 is 24.8 Å². The average Bonchev–Trinajstić information content (AvgIpc) is 3.02. The monoisotopic (exact) mass is 430 g/mol. The van der Waals surface area contributed by atoms with Crippen molar-refractivity contribution in [1.29, 1.82) is 0 Å². The standard InChI is InChI=1S/C13H21Si.C5H5.2ClH.Zr/c1-3-4-8-14(9-5-10-14)13-7-6-12(2)11-13;1-2-4-5-3-1;;;/h6H,3-5,7-10H2,1-2H3;1-3H,4H2;2*1H;/q;;;;+2/p-2. The Labute approximate surface area is 161 Å². The molecule has 1 saturated heterocycles. The molecule has 0 amide bonds. The van der Waals surface area contributed by atoms with Crippen LogP contribution in [-0.2, 0) is 23.2 Å². The normalized spacial score (nSPS) is 21.4. The third-order valence-electron chi connectivity index (χ3n) is 5.33. The number of hydrogen-bond donors (Lipinski definition) is 0. The summed E-state index contributed by atoms with van der Waals surface area (Å²) < 4.78 is 3.74. The molecule has 22 heavy (non-hydrogen) atoms. The average molecular weight is 433 g/mol. The summed E-state index contributed by atoms with van der Waals surface area (Å²) in [7, 11) is -0.985. The fourth-order valence-corrected chi connectivity index (χ4v) is 14.2. The van der Waals surface area contributed by atoms with Crippen LogP contribution >= 0.6 is 0 Å². The van der Waals surface area contributed by atoms with Crippen LogP contribution in [0.25, 0.3) is 0 Å². The first-order valence-corrected chi connectivity index (χ1v) is 13.4. The van der Waals surface area contributed by atoms with Crippen molar-refractivity contribution in [3.05, 3.63) is 41.6 Å². The van der Waals surface area contributed by atoms with Crippen molar-refractivity contribution < 1.29 is 48.0 Å². The molecular weight excluding hydrogens is 406 g/mol. The predicted molar refractivity (Wildman–Crippen MR) is 86.9 cm³/mol. The molecule has 0 saturated carbocycles. The van der Waals surface area contributed by atoms with Gasteiger partial charge in [-0.2, -0.15) is 0 Å². The first-order chi connectivity index (χ1) is 9.75. The van der Waals surface area contributed by atoms with E-state index in [2.05, 4.69) is 38.2 Å². The first-order valence-electron chi connectivity index (χ1n) is 8.29. The van der Waals surface area contributed by atoms with Crippen molar-refractivity contribution in [3.8, 4) is 0 Å². The number of unbranched alkanes of at least 4 members (excludes halogenated alkanes) is 1. The Bertz CT molecular complexity index is 513. The van der Waals surface area contributed by atoms with E-state index in [9.17, 15) is 0 Å². The predicted octanol–water partition coefficient (Wildman–Crippen LogP) is -0.283. The third kappa shape index (κ3) is 4.18. The van der Waals surface area contributed by atoms with Crippen molar-refractivity contribution in [2.24, 2.45) is 0 Å². The minimum absolute atomic E-state index is 0. The van der Waals surface area contributed by atoms with E-state index in [0.29, 0.717) is 0 Å². The van der Waals surface area contributed by atoms with Gasteiger partial charge in [-0.05, 0) is 0 Å². The van der Waals surface area contributed by atoms with Crippen molar-refractivity contribution in [1.82, 2.24) is 0 Å². The molecule has 3 aliphatic rings. The van der Waals surface area contributed by atoms with Gasteiger partial charge in [0.1, 0.15) is 0 Å². The molecule has 0 bridgehead atoms. The molecule has 0 nitrogen and oxygen atoms in total. The Morgan fingerprint density at radius 3 is 2.50 bits per heavy atom. The molecule has 0 unspecified atom stereocenters. The fraction of sp³-hybridized carbons (Fsp3) is 0.556. The minimum Gasteiger partial charge on any atom is -1.00 e. The van der Waals surface area contributed by atoms with E-state index in [1.165, 1.54) is 32.1 Å². The Kier molecular flexibility index (Phi) is 8.66. The zero-order valence-corrected chi connectivity index (χ0v) is 18.7. The van der Waals surface area contributed by atoms with Crippen LogP contribution in [0.1, 0.15) is 46.0 Å². The van der Waals surface area contributed by atoms with Gasteiger partial charge < -0.3 is 24.8 Å². The summed E-state index contributed by atoms with van der Waals surface area (Å²) >= 11 is -0.479. The van der Waals surface area contributed by atoms with Gasteiger partial charge in [0.15, 0.2) is 0 Å². The number of rotatable bonds is 6. The Morgan fingerprint density at radius 1 is 1.18 bits per heavy atom. The molecule has 4 heteroatoms. The second kappa shape index (κ2) is 9.21. The molecule has 0 radical (unpaired) electrons. The van der Waals surface area contributed by atoms with E-state index in [4.69, 9.17) is 0 Å². The molecule has 120 valence electrons. The molecule has 0 atom stereocenters. The van der Waals surface area contributed by atoms with E-state index < -0.39 is 31.3 Å². The quantitative estimate of drug-likeness (QED) is 0.507. The van der Waals surface area contributed by atoms with Crippen LogP contribution in [0.5, 0.6) is 0 Å². The van der Waals surface area contributed by atoms with Gasteiger partial charge in [0.2, 0.25) is 0 Å². The molecule has 1 aliphatic heterocycles.